The van der Waals surface area contributed by atoms with Crippen LogP contribution < -0.4 is 15.2 Å². The van der Waals surface area contributed by atoms with Gasteiger partial charge in [0.05, 0.1) is 12.8 Å². The molecule has 1 aliphatic heterocycles. The summed E-state index contributed by atoms with van der Waals surface area (Å²) in [4.78, 5) is 12.8. The van der Waals surface area contributed by atoms with Gasteiger partial charge >= 0.3 is 6.03 Å². The van der Waals surface area contributed by atoms with Crippen molar-refractivity contribution >= 4 is 21.6 Å². The Morgan fingerprint density at radius 1 is 1.38 bits per heavy atom. The van der Waals surface area contributed by atoms with Crippen LogP contribution in [-0.4, -0.2) is 40.3 Å². The van der Waals surface area contributed by atoms with Gasteiger partial charge in [-0.05, 0) is 54.4 Å². The molecule has 1 aromatic carbocycles. The molecule has 0 saturated heterocycles. The fraction of sp³-hybridized carbons (Fsp3) is 0.474. The Kier molecular flexibility index (Phi) is 4.37. The SMILES string of the molecule is COC[C@H]1COc2c(S(N)(=O)=NC(=O)Nc3c4c(cc5c3CC5)CCC4)cnn21. The minimum absolute atomic E-state index is 0.123. The zero-order chi connectivity index (χ0) is 20.2. The second kappa shape index (κ2) is 6.82. The van der Waals surface area contributed by atoms with Gasteiger partial charge in [0.2, 0.25) is 5.88 Å². The first-order valence-corrected chi connectivity index (χ1v) is 11.3. The third-order valence-corrected chi connectivity index (χ3v) is 7.19. The summed E-state index contributed by atoms with van der Waals surface area (Å²) in [7, 11) is -1.92. The second-order valence-electron chi connectivity index (χ2n) is 7.65. The van der Waals surface area contributed by atoms with Crippen LogP contribution in [0.15, 0.2) is 21.5 Å². The highest BCUT2D eigenvalue weighted by atomic mass is 32.2. The van der Waals surface area contributed by atoms with Gasteiger partial charge in [0.25, 0.3) is 0 Å². The zero-order valence-corrected chi connectivity index (χ0v) is 17.0. The van der Waals surface area contributed by atoms with Gasteiger partial charge in [-0.2, -0.15) is 5.10 Å². The van der Waals surface area contributed by atoms with E-state index in [4.69, 9.17) is 14.6 Å². The van der Waals surface area contributed by atoms with Crippen LogP contribution in [0.4, 0.5) is 10.5 Å². The maximum absolute atomic E-state index is 13.1. The summed E-state index contributed by atoms with van der Waals surface area (Å²) in [6.07, 6.45) is 6.35. The maximum Gasteiger partial charge on any atom is 0.354 e. The van der Waals surface area contributed by atoms with Crippen LogP contribution in [0.1, 0.15) is 34.7 Å². The van der Waals surface area contributed by atoms with Crippen molar-refractivity contribution in [3.63, 3.8) is 0 Å². The Morgan fingerprint density at radius 3 is 2.93 bits per heavy atom. The lowest BCUT2D eigenvalue weighted by Crippen LogP contribution is -2.21. The molecule has 0 spiro atoms. The summed E-state index contributed by atoms with van der Waals surface area (Å²) in [5, 5.41) is 13.0. The highest BCUT2D eigenvalue weighted by molar-refractivity contribution is 7.91. The minimum atomic E-state index is -3.51. The smallest absolute Gasteiger partial charge is 0.354 e. The fourth-order valence-electron chi connectivity index (χ4n) is 4.39. The first kappa shape index (κ1) is 18.6. The predicted molar refractivity (Wildman–Crippen MR) is 107 cm³/mol. The number of nitrogens with two attached hydrogens (primary N) is 1. The quantitative estimate of drug-likeness (QED) is 0.788. The van der Waals surface area contributed by atoms with Crippen molar-refractivity contribution in [1.82, 2.24) is 9.78 Å². The van der Waals surface area contributed by atoms with Crippen molar-refractivity contribution in [3.05, 3.63) is 34.5 Å². The number of rotatable bonds is 4. The first-order chi connectivity index (χ1) is 14.0. The molecule has 9 nitrogen and oxygen atoms in total. The van der Waals surface area contributed by atoms with Crippen molar-refractivity contribution in [2.45, 2.75) is 43.0 Å². The highest BCUT2D eigenvalue weighted by Gasteiger charge is 2.32. The van der Waals surface area contributed by atoms with E-state index < -0.39 is 15.9 Å². The number of nitrogens with zero attached hydrogens (tertiary/aromatic N) is 3. The third-order valence-electron chi connectivity index (χ3n) is 5.85. The average Bonchev–Trinajstić information content (AvgIpc) is 3.34. The molecule has 0 bridgehead atoms. The summed E-state index contributed by atoms with van der Waals surface area (Å²) >= 11 is 0. The molecule has 2 aliphatic carbocycles. The fourth-order valence-corrected chi connectivity index (χ4v) is 5.38. The van der Waals surface area contributed by atoms with E-state index in [0.717, 1.165) is 43.4 Å². The number of urea groups is 1. The van der Waals surface area contributed by atoms with Gasteiger partial charge in [-0.25, -0.2) is 18.8 Å². The molecule has 10 heteroatoms. The molecule has 0 radical (unpaired) electrons. The van der Waals surface area contributed by atoms with E-state index in [1.54, 1.807) is 11.8 Å². The largest absolute Gasteiger partial charge is 0.475 e. The lowest BCUT2D eigenvalue weighted by molar-refractivity contribution is 0.145. The van der Waals surface area contributed by atoms with Crippen LogP contribution in [0.25, 0.3) is 0 Å². The van der Waals surface area contributed by atoms with Crippen molar-refractivity contribution in [2.75, 3.05) is 25.6 Å². The average molecular weight is 417 g/mol. The first-order valence-electron chi connectivity index (χ1n) is 9.69. The number of hydrogen-bond donors (Lipinski definition) is 2. The standard InChI is InChI=1S/C19H23N5O4S/c1-27-9-13-10-28-18-16(8-21-24(13)18)29(20,26)23-19(25)22-17-14-4-2-3-11(14)7-12-5-6-15(12)17/h7-8,13H,2-6,9-10H2,1H3,(H3,20,22,23,25,26)/t13-,29?/m0/s1. The molecule has 0 fully saturated rings. The van der Waals surface area contributed by atoms with Crippen molar-refractivity contribution in [2.24, 2.45) is 9.50 Å². The number of methoxy groups -OCH3 is 1. The topological polar surface area (TPSA) is 121 Å². The number of aromatic nitrogens is 2. The Morgan fingerprint density at radius 2 is 2.17 bits per heavy atom. The molecule has 2 heterocycles. The molecule has 1 unspecified atom stereocenters. The Hall–Kier alpha value is -2.43. The van der Waals surface area contributed by atoms with Crippen LogP contribution >= 0.6 is 0 Å². The van der Waals surface area contributed by atoms with E-state index in [-0.39, 0.29) is 16.8 Å². The molecule has 2 amide bonds. The van der Waals surface area contributed by atoms with E-state index in [2.05, 4.69) is 20.8 Å². The molecular weight excluding hydrogens is 394 g/mol. The van der Waals surface area contributed by atoms with Crippen molar-refractivity contribution < 1.29 is 18.5 Å². The number of carbonyl (C=O) groups is 1. The van der Waals surface area contributed by atoms with E-state index in [9.17, 15) is 9.00 Å². The van der Waals surface area contributed by atoms with Gasteiger partial charge in [-0.1, -0.05) is 6.07 Å². The molecule has 5 rings (SSSR count). The van der Waals surface area contributed by atoms with Crippen LogP contribution in [0.2, 0.25) is 0 Å². The summed E-state index contributed by atoms with van der Waals surface area (Å²) in [5.41, 5.74) is 5.74. The summed E-state index contributed by atoms with van der Waals surface area (Å²) in [5.74, 6) is 0.279. The zero-order valence-electron chi connectivity index (χ0n) is 16.1. The predicted octanol–water partition coefficient (Wildman–Crippen LogP) is 1.98. The molecule has 2 atom stereocenters. The van der Waals surface area contributed by atoms with Crippen LogP contribution in [0.5, 0.6) is 5.88 Å². The molecule has 3 N–H and O–H groups in total. The molecule has 154 valence electrons. The number of benzene rings is 1. The van der Waals surface area contributed by atoms with Crippen molar-refractivity contribution in [1.29, 1.82) is 0 Å². The van der Waals surface area contributed by atoms with Crippen LogP contribution in [-0.2, 0) is 40.3 Å². The molecule has 2 aromatic rings. The number of fused-ring (bicyclic) bond motifs is 3. The van der Waals surface area contributed by atoms with Gasteiger partial charge in [-0.3, -0.25) is 0 Å². The Bertz CT molecular complexity index is 1130. The second-order valence-corrected chi connectivity index (χ2v) is 9.41. The van der Waals surface area contributed by atoms with Crippen LogP contribution in [0.3, 0.4) is 0 Å². The molecule has 1 aromatic heterocycles. The number of carbonyl (C=O) groups excluding carboxylic acids is 1. The number of hydrogen-bond acceptors (Lipinski definition) is 5. The lowest BCUT2D eigenvalue weighted by atomic mass is 9.83. The summed E-state index contributed by atoms with van der Waals surface area (Å²) in [6, 6.07) is 1.42. The molecular formula is C19H23N5O4S. The van der Waals surface area contributed by atoms with Gasteiger partial charge in [0, 0.05) is 12.8 Å². The normalized spacial score (nSPS) is 20.7. The summed E-state index contributed by atoms with van der Waals surface area (Å²) in [6.45, 7) is 0.746. The van der Waals surface area contributed by atoms with E-state index in [1.807, 2.05) is 0 Å². The van der Waals surface area contributed by atoms with Gasteiger partial charge < -0.3 is 14.8 Å². The monoisotopic (exact) mass is 417 g/mol. The minimum Gasteiger partial charge on any atom is -0.475 e. The molecule has 0 saturated carbocycles. The number of ether oxygens (including phenoxy) is 2. The number of aryl methyl sites for hydroxylation is 2. The molecule has 29 heavy (non-hydrogen) atoms. The van der Waals surface area contributed by atoms with Gasteiger partial charge in [-0.15, -0.1) is 4.36 Å². The highest BCUT2D eigenvalue weighted by Crippen LogP contribution is 2.40. The van der Waals surface area contributed by atoms with E-state index in [1.165, 1.54) is 22.9 Å². The van der Waals surface area contributed by atoms with E-state index in [0.29, 0.717) is 13.2 Å². The Labute approximate surface area is 168 Å². The number of anilines is 1. The number of nitrogens with one attached hydrogen (secondary N) is 1. The van der Waals surface area contributed by atoms with Gasteiger partial charge in [0.1, 0.15) is 17.5 Å². The summed E-state index contributed by atoms with van der Waals surface area (Å²) < 4.78 is 29.2. The Balaban J connectivity index is 1.44. The van der Waals surface area contributed by atoms with E-state index >= 15 is 0 Å². The lowest BCUT2D eigenvalue weighted by Gasteiger charge is -2.25. The number of amides is 2. The van der Waals surface area contributed by atoms with Crippen LogP contribution in [0, 0.1) is 0 Å². The maximum atomic E-state index is 13.1. The molecule has 3 aliphatic rings. The van der Waals surface area contributed by atoms with Crippen molar-refractivity contribution in [3.8, 4) is 5.88 Å². The van der Waals surface area contributed by atoms with Gasteiger partial charge in [0.15, 0.2) is 9.92 Å². The third kappa shape index (κ3) is 3.02.